The molecule has 3 atom stereocenters. The molecule has 2 N–H and O–H groups in total. The summed E-state index contributed by atoms with van der Waals surface area (Å²) in [5.41, 5.74) is 4.24. The SMILES string of the molecule is Cn1c(C(C)(C)C)cc2ncc([C@H]3CCC[C@@H](C4CC4)[C@H](CO)N3)nc21. The van der Waals surface area contributed by atoms with E-state index in [1.807, 2.05) is 6.20 Å². The molecule has 5 nitrogen and oxygen atoms in total. The quantitative estimate of drug-likeness (QED) is 0.884. The fourth-order valence-electron chi connectivity index (χ4n) is 4.71. The van der Waals surface area contributed by atoms with Gasteiger partial charge in [0.2, 0.25) is 0 Å². The Hall–Kier alpha value is -1.46. The van der Waals surface area contributed by atoms with Gasteiger partial charge in [0, 0.05) is 24.2 Å². The van der Waals surface area contributed by atoms with Crippen molar-refractivity contribution in [2.24, 2.45) is 18.9 Å². The van der Waals surface area contributed by atoms with Crippen molar-refractivity contribution >= 4 is 11.2 Å². The first-order valence-corrected chi connectivity index (χ1v) is 10.1. The van der Waals surface area contributed by atoms with Crippen molar-refractivity contribution in [3.8, 4) is 0 Å². The van der Waals surface area contributed by atoms with Crippen LogP contribution >= 0.6 is 0 Å². The van der Waals surface area contributed by atoms with Crippen LogP contribution in [0.3, 0.4) is 0 Å². The molecule has 1 aliphatic heterocycles. The molecule has 0 radical (unpaired) electrons. The lowest BCUT2D eigenvalue weighted by Gasteiger charge is -2.26. The number of aromatic nitrogens is 3. The average Bonchev–Trinajstić information content (AvgIpc) is 3.39. The number of nitrogens with one attached hydrogen (secondary N) is 1. The standard InChI is InChI=1S/C21H32N4O/c1-21(2,3)19-10-16-20(25(19)4)24-17(11-22-16)15-7-5-6-14(13-8-9-13)18(12-26)23-15/h10-11,13-15,18,23,26H,5-9,12H2,1-4H3/t14-,15+,18-/m0/s1. The van der Waals surface area contributed by atoms with Gasteiger partial charge in [-0.25, -0.2) is 4.98 Å². The summed E-state index contributed by atoms with van der Waals surface area (Å²) in [6.07, 6.45) is 8.06. The van der Waals surface area contributed by atoms with Gasteiger partial charge >= 0.3 is 0 Å². The molecule has 2 fully saturated rings. The highest BCUT2D eigenvalue weighted by atomic mass is 16.3. The first-order chi connectivity index (χ1) is 12.4. The highest BCUT2D eigenvalue weighted by molar-refractivity contribution is 5.73. The van der Waals surface area contributed by atoms with Gasteiger partial charge in [0.05, 0.1) is 24.5 Å². The Morgan fingerprint density at radius 1 is 1.23 bits per heavy atom. The molecule has 0 bridgehead atoms. The van der Waals surface area contributed by atoms with Crippen molar-refractivity contribution in [1.82, 2.24) is 19.9 Å². The summed E-state index contributed by atoms with van der Waals surface area (Å²) in [7, 11) is 2.08. The van der Waals surface area contributed by atoms with Crippen molar-refractivity contribution in [2.75, 3.05) is 6.61 Å². The predicted octanol–water partition coefficient (Wildman–Crippen LogP) is 3.47. The average molecular weight is 357 g/mol. The minimum Gasteiger partial charge on any atom is -0.395 e. The van der Waals surface area contributed by atoms with Crippen molar-refractivity contribution < 1.29 is 5.11 Å². The second-order valence-electron chi connectivity index (χ2n) is 9.28. The lowest BCUT2D eigenvalue weighted by Crippen LogP contribution is -2.40. The molecule has 2 aromatic heterocycles. The molecule has 1 saturated carbocycles. The predicted molar refractivity (Wildman–Crippen MR) is 104 cm³/mol. The Morgan fingerprint density at radius 2 is 2.00 bits per heavy atom. The monoisotopic (exact) mass is 356 g/mol. The molecule has 4 rings (SSSR count). The summed E-state index contributed by atoms with van der Waals surface area (Å²) in [4.78, 5) is 9.70. The zero-order chi connectivity index (χ0) is 18.5. The molecule has 26 heavy (non-hydrogen) atoms. The van der Waals surface area contributed by atoms with E-state index in [1.54, 1.807) is 0 Å². The molecule has 0 amide bonds. The second-order valence-corrected chi connectivity index (χ2v) is 9.28. The zero-order valence-electron chi connectivity index (χ0n) is 16.5. The highest BCUT2D eigenvalue weighted by Gasteiger charge is 2.38. The molecule has 142 valence electrons. The fraction of sp³-hybridized carbons (Fsp3) is 0.714. The number of fused-ring (bicyclic) bond motifs is 1. The highest BCUT2D eigenvalue weighted by Crippen LogP contribution is 2.43. The van der Waals surface area contributed by atoms with Crippen LogP contribution in [0.25, 0.3) is 11.2 Å². The molecule has 0 unspecified atom stereocenters. The zero-order valence-corrected chi connectivity index (χ0v) is 16.5. The molecule has 0 spiro atoms. The number of hydrogen-bond acceptors (Lipinski definition) is 4. The van der Waals surface area contributed by atoms with E-state index in [0.29, 0.717) is 5.92 Å². The van der Waals surface area contributed by atoms with Crippen LogP contribution in [0.15, 0.2) is 12.3 Å². The maximum absolute atomic E-state index is 9.93. The fourth-order valence-corrected chi connectivity index (χ4v) is 4.71. The summed E-state index contributed by atoms with van der Waals surface area (Å²) in [6.45, 7) is 6.88. The van der Waals surface area contributed by atoms with E-state index in [-0.39, 0.29) is 24.1 Å². The minimum absolute atomic E-state index is 0.0668. The third-order valence-electron chi connectivity index (χ3n) is 6.26. The second kappa shape index (κ2) is 6.61. The number of hydrogen-bond donors (Lipinski definition) is 2. The van der Waals surface area contributed by atoms with Crippen LogP contribution in [0.1, 0.15) is 70.3 Å². The van der Waals surface area contributed by atoms with Crippen LogP contribution < -0.4 is 5.32 Å². The number of aliphatic hydroxyl groups excluding tert-OH is 1. The van der Waals surface area contributed by atoms with Crippen LogP contribution in [0.4, 0.5) is 0 Å². The summed E-state index contributed by atoms with van der Waals surface area (Å²) >= 11 is 0. The molecule has 5 heteroatoms. The Labute approximate surface area is 156 Å². The molecule has 2 aromatic rings. The molecule has 3 heterocycles. The van der Waals surface area contributed by atoms with Gasteiger partial charge in [0.15, 0.2) is 5.65 Å². The minimum atomic E-state index is 0.0668. The van der Waals surface area contributed by atoms with Crippen LogP contribution in [0, 0.1) is 11.8 Å². The number of nitrogens with zero attached hydrogens (tertiary/aromatic N) is 3. The van der Waals surface area contributed by atoms with E-state index in [1.165, 1.54) is 31.4 Å². The molecule has 1 saturated heterocycles. The van der Waals surface area contributed by atoms with Crippen molar-refractivity contribution in [1.29, 1.82) is 0 Å². The van der Waals surface area contributed by atoms with E-state index in [9.17, 15) is 5.11 Å². The maximum atomic E-state index is 9.93. The van der Waals surface area contributed by atoms with Gasteiger partial charge in [-0.2, -0.15) is 0 Å². The van der Waals surface area contributed by atoms with Crippen molar-refractivity contribution in [2.45, 2.75) is 70.4 Å². The number of aryl methyl sites for hydroxylation is 1. The van der Waals surface area contributed by atoms with Crippen LogP contribution in [0.2, 0.25) is 0 Å². The summed E-state index contributed by atoms with van der Waals surface area (Å²) in [5.74, 6) is 1.43. The van der Waals surface area contributed by atoms with E-state index in [4.69, 9.17) is 9.97 Å². The van der Waals surface area contributed by atoms with Crippen molar-refractivity contribution in [3.63, 3.8) is 0 Å². The number of rotatable bonds is 3. The molecule has 0 aromatic carbocycles. The van der Waals surface area contributed by atoms with Gasteiger partial charge in [-0.1, -0.05) is 27.2 Å². The summed E-state index contributed by atoms with van der Waals surface area (Å²) in [5, 5.41) is 13.6. The summed E-state index contributed by atoms with van der Waals surface area (Å²) < 4.78 is 2.18. The normalized spacial score (nSPS) is 27.7. The van der Waals surface area contributed by atoms with Crippen LogP contribution in [-0.2, 0) is 12.5 Å². The third-order valence-corrected chi connectivity index (χ3v) is 6.26. The Kier molecular flexibility index (Phi) is 4.56. The largest absolute Gasteiger partial charge is 0.395 e. The Bertz CT molecular complexity index is 787. The van der Waals surface area contributed by atoms with Gasteiger partial charge in [0.25, 0.3) is 0 Å². The molecular weight excluding hydrogens is 324 g/mol. The maximum Gasteiger partial charge on any atom is 0.158 e. The van der Waals surface area contributed by atoms with Crippen LogP contribution in [0.5, 0.6) is 0 Å². The van der Waals surface area contributed by atoms with Gasteiger partial charge in [-0.3, -0.25) is 4.98 Å². The Balaban J connectivity index is 1.64. The topological polar surface area (TPSA) is 63.0 Å². The molecule has 2 aliphatic rings. The summed E-state index contributed by atoms with van der Waals surface area (Å²) in [6, 6.07) is 2.53. The van der Waals surface area contributed by atoms with E-state index < -0.39 is 0 Å². The van der Waals surface area contributed by atoms with Crippen molar-refractivity contribution in [3.05, 3.63) is 23.7 Å². The molecule has 1 aliphatic carbocycles. The lowest BCUT2D eigenvalue weighted by atomic mass is 9.91. The van der Waals surface area contributed by atoms with Gasteiger partial charge in [0.1, 0.15) is 5.52 Å². The third kappa shape index (κ3) is 3.27. The van der Waals surface area contributed by atoms with E-state index >= 15 is 0 Å². The first kappa shape index (κ1) is 17.9. The molecular formula is C21H32N4O. The van der Waals surface area contributed by atoms with E-state index in [0.717, 1.165) is 29.2 Å². The van der Waals surface area contributed by atoms with Gasteiger partial charge in [-0.05, 0) is 43.6 Å². The first-order valence-electron chi connectivity index (χ1n) is 10.1. The van der Waals surface area contributed by atoms with Crippen LogP contribution in [-0.4, -0.2) is 32.3 Å². The lowest BCUT2D eigenvalue weighted by molar-refractivity contribution is 0.180. The van der Waals surface area contributed by atoms with Gasteiger partial charge in [-0.15, -0.1) is 0 Å². The van der Waals surface area contributed by atoms with Gasteiger partial charge < -0.3 is 15.0 Å². The Morgan fingerprint density at radius 3 is 2.65 bits per heavy atom. The van der Waals surface area contributed by atoms with E-state index in [2.05, 4.69) is 43.8 Å². The smallest absolute Gasteiger partial charge is 0.158 e. The number of aliphatic hydroxyl groups is 1.